The monoisotopic (exact) mass is 307 g/mol. The van der Waals surface area contributed by atoms with E-state index in [2.05, 4.69) is 33.8 Å². The van der Waals surface area contributed by atoms with E-state index in [1.54, 1.807) is 11.3 Å². The van der Waals surface area contributed by atoms with Crippen LogP contribution in [0.4, 0.5) is 0 Å². The molecule has 1 aromatic rings. The third-order valence-corrected chi connectivity index (χ3v) is 5.22. The van der Waals surface area contributed by atoms with E-state index in [1.165, 1.54) is 17.8 Å². The van der Waals surface area contributed by atoms with Gasteiger partial charge < -0.3 is 0 Å². The van der Waals surface area contributed by atoms with Gasteiger partial charge in [0.2, 0.25) is 0 Å². The predicted molar refractivity (Wildman–Crippen MR) is 71.1 cm³/mol. The number of likely N-dealkylation sites (tertiary alicyclic amines) is 1. The van der Waals surface area contributed by atoms with Gasteiger partial charge in [-0.1, -0.05) is 40.9 Å². The quantitative estimate of drug-likeness (QED) is 0.763. The summed E-state index contributed by atoms with van der Waals surface area (Å²) in [4.78, 5) is 4.55. The van der Waals surface area contributed by atoms with Gasteiger partial charge in [0, 0.05) is 29.3 Å². The molecule has 2 unspecified atom stereocenters. The second kappa shape index (κ2) is 5.17. The molecule has 0 spiro atoms. The molecule has 4 heteroatoms. The molecule has 0 N–H and O–H groups in total. The molecule has 1 aliphatic rings. The van der Waals surface area contributed by atoms with Crippen molar-refractivity contribution in [3.63, 3.8) is 0 Å². The molecule has 2 rings (SSSR count). The molecule has 1 saturated heterocycles. The van der Waals surface area contributed by atoms with Crippen molar-refractivity contribution >= 4 is 38.9 Å². The lowest BCUT2D eigenvalue weighted by Gasteiger charge is -2.13. The van der Waals surface area contributed by atoms with Crippen molar-refractivity contribution in [1.82, 2.24) is 4.90 Å². The molecular formula is C11H15BrClNS. The maximum Gasteiger partial charge on any atom is 0.0931 e. The SMILES string of the molecule is CCC1CN(Cc2ccc(Cl)s2)CC1Br. The molecule has 1 aliphatic heterocycles. The molecule has 15 heavy (non-hydrogen) atoms. The van der Waals surface area contributed by atoms with Gasteiger partial charge in [0.25, 0.3) is 0 Å². The van der Waals surface area contributed by atoms with Gasteiger partial charge in [-0.2, -0.15) is 0 Å². The van der Waals surface area contributed by atoms with Crippen molar-refractivity contribution < 1.29 is 0 Å². The Morgan fingerprint density at radius 1 is 1.53 bits per heavy atom. The third-order valence-electron chi connectivity index (χ3n) is 2.97. The summed E-state index contributed by atoms with van der Waals surface area (Å²) in [5.41, 5.74) is 0. The zero-order valence-corrected chi connectivity index (χ0v) is 11.9. The van der Waals surface area contributed by atoms with Crippen molar-refractivity contribution in [3.05, 3.63) is 21.3 Å². The number of hydrogen-bond donors (Lipinski definition) is 0. The third kappa shape index (κ3) is 2.96. The number of alkyl halides is 1. The van der Waals surface area contributed by atoms with Crippen LogP contribution in [0.3, 0.4) is 0 Å². The Morgan fingerprint density at radius 3 is 2.87 bits per heavy atom. The average molecular weight is 309 g/mol. The highest BCUT2D eigenvalue weighted by Gasteiger charge is 2.29. The lowest BCUT2D eigenvalue weighted by Crippen LogP contribution is -2.19. The fourth-order valence-corrected chi connectivity index (χ4v) is 4.17. The minimum atomic E-state index is 0.665. The second-order valence-corrected chi connectivity index (χ2v) is 7.06. The lowest BCUT2D eigenvalue weighted by molar-refractivity contribution is 0.318. The van der Waals surface area contributed by atoms with Gasteiger partial charge in [-0.15, -0.1) is 11.3 Å². The number of halogens is 2. The van der Waals surface area contributed by atoms with E-state index in [-0.39, 0.29) is 0 Å². The Morgan fingerprint density at radius 2 is 2.33 bits per heavy atom. The summed E-state index contributed by atoms with van der Waals surface area (Å²) < 4.78 is 0.895. The van der Waals surface area contributed by atoms with Gasteiger partial charge in [0.15, 0.2) is 0 Å². The Hall–Kier alpha value is 0.430. The summed E-state index contributed by atoms with van der Waals surface area (Å²) >= 11 is 11.4. The second-order valence-electron chi connectivity index (χ2n) is 4.08. The predicted octanol–water partition coefficient (Wildman–Crippen LogP) is 4.01. The van der Waals surface area contributed by atoms with E-state index < -0.39 is 0 Å². The van der Waals surface area contributed by atoms with E-state index in [1.807, 2.05) is 6.07 Å². The standard InChI is InChI=1S/C11H15BrClNS/c1-2-8-5-14(7-10(8)12)6-9-3-4-11(13)15-9/h3-4,8,10H,2,5-7H2,1H3. The van der Waals surface area contributed by atoms with Gasteiger partial charge in [-0.25, -0.2) is 0 Å². The fourth-order valence-electron chi connectivity index (χ4n) is 2.09. The van der Waals surface area contributed by atoms with Crippen molar-refractivity contribution in [2.24, 2.45) is 5.92 Å². The number of rotatable bonds is 3. The summed E-state index contributed by atoms with van der Waals surface area (Å²) in [5.74, 6) is 0.806. The Bertz CT molecular complexity index is 328. The van der Waals surface area contributed by atoms with Crippen LogP contribution in [0.5, 0.6) is 0 Å². The molecule has 1 aromatic heterocycles. The van der Waals surface area contributed by atoms with E-state index in [0.717, 1.165) is 23.3 Å². The average Bonchev–Trinajstić information content (AvgIpc) is 2.73. The topological polar surface area (TPSA) is 3.24 Å². The molecule has 0 aromatic carbocycles. The summed E-state index contributed by atoms with van der Waals surface area (Å²) in [6.45, 7) is 5.69. The first-order valence-electron chi connectivity index (χ1n) is 5.29. The largest absolute Gasteiger partial charge is 0.297 e. The first kappa shape index (κ1) is 11.9. The Labute approximate surface area is 109 Å². The molecule has 84 valence electrons. The molecule has 1 nitrogen and oxygen atoms in total. The Kier molecular flexibility index (Phi) is 4.10. The molecular weight excluding hydrogens is 294 g/mol. The summed E-state index contributed by atoms with van der Waals surface area (Å²) in [7, 11) is 0. The smallest absolute Gasteiger partial charge is 0.0931 e. The van der Waals surface area contributed by atoms with Crippen LogP contribution in [0.25, 0.3) is 0 Å². The highest BCUT2D eigenvalue weighted by Crippen LogP contribution is 2.29. The summed E-state index contributed by atoms with van der Waals surface area (Å²) in [5, 5.41) is 0. The molecule has 2 heterocycles. The van der Waals surface area contributed by atoms with E-state index >= 15 is 0 Å². The molecule has 0 amide bonds. The van der Waals surface area contributed by atoms with Crippen LogP contribution >= 0.6 is 38.9 Å². The zero-order valence-electron chi connectivity index (χ0n) is 8.75. The number of nitrogens with zero attached hydrogens (tertiary/aromatic N) is 1. The first-order valence-corrected chi connectivity index (χ1v) is 7.40. The molecule has 1 fully saturated rings. The van der Waals surface area contributed by atoms with Crippen molar-refractivity contribution in [2.75, 3.05) is 13.1 Å². The van der Waals surface area contributed by atoms with Crippen LogP contribution in [-0.2, 0) is 6.54 Å². The van der Waals surface area contributed by atoms with Crippen molar-refractivity contribution in [1.29, 1.82) is 0 Å². The van der Waals surface area contributed by atoms with E-state index in [0.29, 0.717) is 4.83 Å². The summed E-state index contributed by atoms with van der Waals surface area (Å²) in [6, 6.07) is 4.12. The van der Waals surface area contributed by atoms with Gasteiger partial charge in [-0.3, -0.25) is 4.90 Å². The van der Waals surface area contributed by atoms with Gasteiger partial charge >= 0.3 is 0 Å². The molecule has 2 atom stereocenters. The van der Waals surface area contributed by atoms with Crippen LogP contribution in [0.15, 0.2) is 12.1 Å². The maximum atomic E-state index is 5.92. The van der Waals surface area contributed by atoms with Crippen LogP contribution < -0.4 is 0 Å². The van der Waals surface area contributed by atoms with Crippen molar-refractivity contribution in [3.8, 4) is 0 Å². The molecule has 0 bridgehead atoms. The highest BCUT2D eigenvalue weighted by molar-refractivity contribution is 9.09. The van der Waals surface area contributed by atoms with E-state index in [9.17, 15) is 0 Å². The van der Waals surface area contributed by atoms with Crippen LogP contribution in [0.2, 0.25) is 4.34 Å². The number of thiophene rings is 1. The first-order chi connectivity index (χ1) is 7.19. The maximum absolute atomic E-state index is 5.92. The Balaban J connectivity index is 1.92. The minimum Gasteiger partial charge on any atom is -0.297 e. The van der Waals surface area contributed by atoms with Crippen molar-refractivity contribution in [2.45, 2.75) is 24.7 Å². The minimum absolute atomic E-state index is 0.665. The van der Waals surface area contributed by atoms with Crippen LogP contribution in [-0.4, -0.2) is 22.8 Å². The van der Waals surface area contributed by atoms with Gasteiger partial charge in [-0.05, 0) is 18.1 Å². The summed E-state index contributed by atoms with van der Waals surface area (Å²) in [6.07, 6.45) is 1.26. The molecule has 0 saturated carbocycles. The van der Waals surface area contributed by atoms with Crippen LogP contribution in [0.1, 0.15) is 18.2 Å². The van der Waals surface area contributed by atoms with Crippen LogP contribution in [0, 0.1) is 5.92 Å². The number of hydrogen-bond acceptors (Lipinski definition) is 2. The highest BCUT2D eigenvalue weighted by atomic mass is 79.9. The van der Waals surface area contributed by atoms with Gasteiger partial charge in [0.1, 0.15) is 0 Å². The lowest BCUT2D eigenvalue weighted by atomic mass is 10.1. The van der Waals surface area contributed by atoms with Gasteiger partial charge in [0.05, 0.1) is 4.34 Å². The normalized spacial score (nSPS) is 27.4. The zero-order chi connectivity index (χ0) is 10.8. The fraction of sp³-hybridized carbons (Fsp3) is 0.636. The van der Waals surface area contributed by atoms with E-state index in [4.69, 9.17) is 11.6 Å². The molecule has 0 aliphatic carbocycles. The molecule has 0 radical (unpaired) electrons.